The summed E-state index contributed by atoms with van der Waals surface area (Å²) in [5.74, 6) is 0. The molecule has 3 N–H and O–H groups in total. The first kappa shape index (κ1) is 14.7. The van der Waals surface area contributed by atoms with Crippen LogP contribution in [0, 0.1) is 0 Å². The molecule has 16 heavy (non-hydrogen) atoms. The van der Waals surface area contributed by atoms with E-state index >= 15 is 0 Å². The highest BCUT2D eigenvalue weighted by atomic mass is 14.7. The zero-order chi connectivity index (χ0) is 12.4. The summed E-state index contributed by atoms with van der Waals surface area (Å²) in [7, 11) is 0. The van der Waals surface area contributed by atoms with Gasteiger partial charge in [-0.15, -0.1) is 0 Å². The van der Waals surface area contributed by atoms with Gasteiger partial charge in [0.2, 0.25) is 0 Å². The molecule has 0 saturated heterocycles. The van der Waals surface area contributed by atoms with Crippen molar-refractivity contribution in [3.8, 4) is 0 Å². The number of H-pyrrole nitrogens is 1. The number of rotatable bonds is 3. The molecule has 0 aliphatic rings. The molecule has 0 fully saturated rings. The number of aromatic nitrogens is 1. The zero-order valence-corrected chi connectivity index (χ0v) is 10.9. The van der Waals surface area contributed by atoms with Crippen molar-refractivity contribution in [3.63, 3.8) is 0 Å². The standard InChI is InChI=1S/C12H18N2.C2H6/c1-3-5-6-11-10(7-8-13)9-14-12(11)4-2;1-2/h3-6,9,14H,7-8,13H2,1-2H3;1-2H3/b5-3-,11-6-,12-4+;. The van der Waals surface area contributed by atoms with Gasteiger partial charge in [0, 0.05) is 16.8 Å². The Morgan fingerprint density at radius 3 is 2.50 bits per heavy atom. The fourth-order valence-corrected chi connectivity index (χ4v) is 1.48. The van der Waals surface area contributed by atoms with Crippen molar-refractivity contribution in [1.29, 1.82) is 0 Å². The molecule has 0 spiro atoms. The van der Waals surface area contributed by atoms with Crippen molar-refractivity contribution in [2.24, 2.45) is 5.73 Å². The molecule has 1 heterocycles. The van der Waals surface area contributed by atoms with Gasteiger partial charge in [-0.3, -0.25) is 0 Å². The van der Waals surface area contributed by atoms with Gasteiger partial charge < -0.3 is 10.7 Å². The smallest absolute Gasteiger partial charge is 0.0413 e. The Balaban J connectivity index is 0.00000106. The normalized spacial score (nSPS) is 13.1. The first-order valence-corrected chi connectivity index (χ1v) is 5.99. The molecule has 0 aliphatic carbocycles. The monoisotopic (exact) mass is 220 g/mol. The summed E-state index contributed by atoms with van der Waals surface area (Å²) in [6.45, 7) is 8.74. The molecule has 0 amide bonds. The molecule has 0 aliphatic heterocycles. The molecule has 1 aromatic heterocycles. The Hall–Kier alpha value is -1.28. The second kappa shape index (κ2) is 8.98. The predicted octanol–water partition coefficient (Wildman–Crippen LogP) is 1.70. The van der Waals surface area contributed by atoms with E-state index in [1.165, 1.54) is 16.1 Å². The van der Waals surface area contributed by atoms with Crippen LogP contribution < -0.4 is 16.3 Å². The fourth-order valence-electron chi connectivity index (χ4n) is 1.48. The number of hydrogen-bond acceptors (Lipinski definition) is 1. The van der Waals surface area contributed by atoms with Gasteiger partial charge in [-0.1, -0.05) is 38.2 Å². The summed E-state index contributed by atoms with van der Waals surface area (Å²) in [5.41, 5.74) is 6.84. The van der Waals surface area contributed by atoms with Crippen molar-refractivity contribution < 1.29 is 0 Å². The van der Waals surface area contributed by atoms with E-state index in [9.17, 15) is 0 Å². The van der Waals surface area contributed by atoms with E-state index in [4.69, 9.17) is 5.73 Å². The lowest BCUT2D eigenvalue weighted by Crippen LogP contribution is -2.25. The predicted molar refractivity (Wildman–Crippen MR) is 73.6 cm³/mol. The van der Waals surface area contributed by atoms with Gasteiger partial charge in [-0.2, -0.15) is 0 Å². The first-order chi connectivity index (χ1) is 7.83. The Bertz CT molecular complexity index is 410. The number of allylic oxidation sites excluding steroid dienone is 2. The van der Waals surface area contributed by atoms with Crippen LogP contribution in [0.2, 0.25) is 0 Å². The van der Waals surface area contributed by atoms with E-state index in [1.54, 1.807) is 0 Å². The van der Waals surface area contributed by atoms with Gasteiger partial charge >= 0.3 is 0 Å². The van der Waals surface area contributed by atoms with Crippen LogP contribution in [0.4, 0.5) is 0 Å². The van der Waals surface area contributed by atoms with Crippen LogP contribution in [0.1, 0.15) is 33.3 Å². The van der Waals surface area contributed by atoms with Crippen LogP contribution in [0.3, 0.4) is 0 Å². The minimum absolute atomic E-state index is 0.692. The van der Waals surface area contributed by atoms with Crippen LogP contribution in [0.25, 0.3) is 12.2 Å². The topological polar surface area (TPSA) is 41.8 Å². The molecule has 2 heteroatoms. The lowest BCUT2D eigenvalue weighted by Gasteiger charge is -1.91. The molecule has 0 radical (unpaired) electrons. The summed E-state index contributed by atoms with van der Waals surface area (Å²) in [5, 5.41) is 2.43. The molecule has 2 nitrogen and oxygen atoms in total. The maximum Gasteiger partial charge on any atom is 0.0413 e. The maximum atomic E-state index is 5.55. The maximum absolute atomic E-state index is 5.55. The van der Waals surface area contributed by atoms with Crippen molar-refractivity contribution in [2.45, 2.75) is 34.1 Å². The quantitative estimate of drug-likeness (QED) is 0.800. The molecule has 1 rings (SSSR count). The summed E-state index contributed by atoms with van der Waals surface area (Å²) in [4.78, 5) is 3.24. The van der Waals surface area contributed by atoms with Crippen molar-refractivity contribution in [3.05, 3.63) is 34.5 Å². The van der Waals surface area contributed by atoms with E-state index in [2.05, 4.69) is 23.2 Å². The van der Waals surface area contributed by atoms with Gasteiger partial charge in [0.1, 0.15) is 0 Å². The number of nitrogens with one attached hydrogen (secondary N) is 1. The Morgan fingerprint density at radius 2 is 2.00 bits per heavy atom. The SMILES string of the molecule is CC.C\C=C/C=c1/c(CCN)c[nH]/c1=C/C. The second-order valence-electron chi connectivity index (χ2n) is 3.16. The largest absolute Gasteiger partial charge is 0.361 e. The van der Waals surface area contributed by atoms with Crippen LogP contribution in [-0.4, -0.2) is 11.5 Å². The molecule has 0 saturated carbocycles. The molecule has 0 aromatic carbocycles. The zero-order valence-electron chi connectivity index (χ0n) is 10.9. The molecular weight excluding hydrogens is 196 g/mol. The first-order valence-electron chi connectivity index (χ1n) is 5.99. The van der Waals surface area contributed by atoms with E-state index in [1.807, 2.05) is 40.0 Å². The van der Waals surface area contributed by atoms with Crippen LogP contribution in [0.5, 0.6) is 0 Å². The van der Waals surface area contributed by atoms with Gasteiger partial charge in [0.05, 0.1) is 0 Å². The Morgan fingerprint density at radius 1 is 1.31 bits per heavy atom. The third kappa shape index (κ3) is 4.07. The van der Waals surface area contributed by atoms with E-state index < -0.39 is 0 Å². The number of nitrogens with two attached hydrogens (primary N) is 1. The highest BCUT2D eigenvalue weighted by Crippen LogP contribution is 1.87. The van der Waals surface area contributed by atoms with Crippen molar-refractivity contribution in [1.82, 2.24) is 4.98 Å². The minimum atomic E-state index is 0.692. The van der Waals surface area contributed by atoms with Gasteiger partial charge in [0.25, 0.3) is 0 Å². The molecule has 90 valence electrons. The molecule has 0 unspecified atom stereocenters. The summed E-state index contributed by atoms with van der Waals surface area (Å²) < 4.78 is 0. The number of aromatic amines is 1. The molecule has 0 atom stereocenters. The van der Waals surface area contributed by atoms with Crippen molar-refractivity contribution in [2.75, 3.05) is 6.54 Å². The molecule has 1 aromatic rings. The minimum Gasteiger partial charge on any atom is -0.361 e. The molecule has 0 bridgehead atoms. The van der Waals surface area contributed by atoms with Gasteiger partial charge in [-0.05, 0) is 32.4 Å². The third-order valence-electron chi connectivity index (χ3n) is 2.20. The third-order valence-corrected chi connectivity index (χ3v) is 2.20. The second-order valence-corrected chi connectivity index (χ2v) is 3.16. The molecular formula is C14H24N2. The average Bonchev–Trinajstić information content (AvgIpc) is 2.72. The average molecular weight is 220 g/mol. The lowest BCUT2D eigenvalue weighted by atomic mass is 10.2. The summed E-state index contributed by atoms with van der Waals surface area (Å²) >= 11 is 0. The Kier molecular flexibility index (Phi) is 8.26. The van der Waals surface area contributed by atoms with Crippen LogP contribution in [0.15, 0.2) is 18.3 Å². The van der Waals surface area contributed by atoms with Crippen molar-refractivity contribution >= 4 is 12.2 Å². The van der Waals surface area contributed by atoms with Gasteiger partial charge in [0.15, 0.2) is 0 Å². The van der Waals surface area contributed by atoms with Crippen LogP contribution >= 0.6 is 0 Å². The van der Waals surface area contributed by atoms with Crippen LogP contribution in [-0.2, 0) is 6.42 Å². The highest BCUT2D eigenvalue weighted by molar-refractivity contribution is 5.41. The van der Waals surface area contributed by atoms with Gasteiger partial charge in [-0.25, -0.2) is 0 Å². The van der Waals surface area contributed by atoms with E-state index in [0.29, 0.717) is 6.54 Å². The number of hydrogen-bond donors (Lipinski definition) is 2. The van der Waals surface area contributed by atoms with E-state index in [0.717, 1.165) is 6.42 Å². The lowest BCUT2D eigenvalue weighted by molar-refractivity contribution is 0.965. The Labute approximate surface area is 98.6 Å². The highest BCUT2D eigenvalue weighted by Gasteiger charge is 1.96. The summed E-state index contributed by atoms with van der Waals surface area (Å²) in [6.07, 6.45) is 11.2. The summed E-state index contributed by atoms with van der Waals surface area (Å²) in [6, 6.07) is 0. The fraction of sp³-hybridized carbons (Fsp3) is 0.429. The van der Waals surface area contributed by atoms with E-state index in [-0.39, 0.29) is 0 Å².